The van der Waals surface area contributed by atoms with Crippen molar-refractivity contribution in [2.75, 3.05) is 12.3 Å². The lowest BCUT2D eigenvalue weighted by Crippen LogP contribution is -2.35. The number of benzene rings is 1. The van der Waals surface area contributed by atoms with Crippen molar-refractivity contribution in [1.82, 2.24) is 4.72 Å². The van der Waals surface area contributed by atoms with Crippen molar-refractivity contribution < 1.29 is 13.5 Å². The van der Waals surface area contributed by atoms with E-state index in [0.29, 0.717) is 12.8 Å². The van der Waals surface area contributed by atoms with Crippen LogP contribution in [0.5, 0.6) is 0 Å². The van der Waals surface area contributed by atoms with E-state index in [0.717, 1.165) is 5.56 Å². The van der Waals surface area contributed by atoms with Gasteiger partial charge in [0, 0.05) is 6.54 Å². The fourth-order valence-corrected chi connectivity index (χ4v) is 3.17. The molecule has 1 unspecified atom stereocenters. The van der Waals surface area contributed by atoms with Crippen molar-refractivity contribution in [2.24, 2.45) is 5.41 Å². The zero-order chi connectivity index (χ0) is 15.2. The number of sulfonamides is 1. The van der Waals surface area contributed by atoms with Crippen LogP contribution in [-0.2, 0) is 16.4 Å². The minimum Gasteiger partial charge on any atom is -0.391 e. The maximum atomic E-state index is 11.8. The van der Waals surface area contributed by atoms with Crippen LogP contribution in [-0.4, -0.2) is 31.9 Å². The van der Waals surface area contributed by atoms with Crippen molar-refractivity contribution in [3.8, 4) is 0 Å². The normalized spacial score (nSPS) is 14.2. The SMILES string of the molecule is CC(C)(C)CCS(=O)(=O)NCC(O)Cc1ccccc1. The van der Waals surface area contributed by atoms with Gasteiger partial charge in [-0.25, -0.2) is 13.1 Å². The molecule has 0 aliphatic carbocycles. The highest BCUT2D eigenvalue weighted by Crippen LogP contribution is 2.18. The topological polar surface area (TPSA) is 66.4 Å². The van der Waals surface area contributed by atoms with Gasteiger partial charge < -0.3 is 5.11 Å². The second-order valence-electron chi connectivity index (χ2n) is 6.32. The van der Waals surface area contributed by atoms with Crippen LogP contribution in [0.25, 0.3) is 0 Å². The Bertz CT molecular complexity index is 492. The van der Waals surface area contributed by atoms with E-state index in [1.807, 2.05) is 51.1 Å². The first-order valence-electron chi connectivity index (χ1n) is 6.87. The molecule has 0 bridgehead atoms. The minimum atomic E-state index is -3.31. The second kappa shape index (κ2) is 7.20. The first-order chi connectivity index (χ1) is 9.18. The summed E-state index contributed by atoms with van der Waals surface area (Å²) < 4.78 is 26.1. The van der Waals surface area contributed by atoms with Gasteiger partial charge in [-0.1, -0.05) is 51.1 Å². The molecule has 0 amide bonds. The summed E-state index contributed by atoms with van der Waals surface area (Å²) in [5, 5.41) is 9.87. The van der Waals surface area contributed by atoms with E-state index in [9.17, 15) is 13.5 Å². The van der Waals surface area contributed by atoms with Gasteiger partial charge in [0.15, 0.2) is 0 Å². The zero-order valence-electron chi connectivity index (χ0n) is 12.5. The highest BCUT2D eigenvalue weighted by molar-refractivity contribution is 7.89. The van der Waals surface area contributed by atoms with Gasteiger partial charge in [0.25, 0.3) is 0 Å². The summed E-state index contributed by atoms with van der Waals surface area (Å²) in [6.07, 6.45) is 0.335. The van der Waals surface area contributed by atoms with Crippen molar-refractivity contribution in [3.05, 3.63) is 35.9 Å². The van der Waals surface area contributed by atoms with E-state index in [4.69, 9.17) is 0 Å². The molecule has 0 radical (unpaired) electrons. The number of hydrogen-bond donors (Lipinski definition) is 2. The maximum Gasteiger partial charge on any atom is 0.211 e. The first-order valence-corrected chi connectivity index (χ1v) is 8.52. The van der Waals surface area contributed by atoms with Crippen LogP contribution in [0.2, 0.25) is 0 Å². The molecule has 0 spiro atoms. The summed E-state index contributed by atoms with van der Waals surface area (Å²) in [4.78, 5) is 0. The van der Waals surface area contributed by atoms with Gasteiger partial charge in [0.2, 0.25) is 10.0 Å². The summed E-state index contributed by atoms with van der Waals surface area (Å²) >= 11 is 0. The molecular formula is C15H25NO3S. The zero-order valence-corrected chi connectivity index (χ0v) is 13.3. The van der Waals surface area contributed by atoms with E-state index in [2.05, 4.69) is 4.72 Å². The molecule has 0 fully saturated rings. The maximum absolute atomic E-state index is 11.8. The van der Waals surface area contributed by atoms with Crippen molar-refractivity contribution in [2.45, 2.75) is 39.7 Å². The molecule has 0 aromatic heterocycles. The standard InChI is InChI=1S/C15H25NO3S/c1-15(2,3)9-10-20(18,19)16-12-14(17)11-13-7-5-4-6-8-13/h4-8,14,16-17H,9-12H2,1-3H3. The lowest BCUT2D eigenvalue weighted by molar-refractivity contribution is 0.179. The third kappa shape index (κ3) is 7.62. The van der Waals surface area contributed by atoms with E-state index in [-0.39, 0.29) is 17.7 Å². The van der Waals surface area contributed by atoms with Crippen molar-refractivity contribution >= 4 is 10.0 Å². The first kappa shape index (κ1) is 17.1. The van der Waals surface area contributed by atoms with Gasteiger partial charge in [-0.05, 0) is 23.8 Å². The second-order valence-corrected chi connectivity index (χ2v) is 8.25. The van der Waals surface area contributed by atoms with E-state index < -0.39 is 16.1 Å². The minimum absolute atomic E-state index is 0.0165. The number of hydrogen-bond acceptors (Lipinski definition) is 3. The van der Waals surface area contributed by atoms with Crippen molar-refractivity contribution in [3.63, 3.8) is 0 Å². The molecule has 20 heavy (non-hydrogen) atoms. The molecule has 4 nitrogen and oxygen atoms in total. The Hall–Kier alpha value is -0.910. The number of nitrogens with one attached hydrogen (secondary N) is 1. The fraction of sp³-hybridized carbons (Fsp3) is 0.600. The molecule has 2 N–H and O–H groups in total. The quantitative estimate of drug-likeness (QED) is 0.808. The molecule has 0 aliphatic heterocycles. The van der Waals surface area contributed by atoms with E-state index >= 15 is 0 Å². The molecule has 0 heterocycles. The molecule has 0 saturated heterocycles. The van der Waals surface area contributed by atoms with Crippen LogP contribution in [0, 0.1) is 5.41 Å². The van der Waals surface area contributed by atoms with Crippen LogP contribution < -0.4 is 4.72 Å². The molecule has 114 valence electrons. The van der Waals surface area contributed by atoms with E-state index in [1.54, 1.807) is 0 Å². The smallest absolute Gasteiger partial charge is 0.211 e. The predicted octanol–water partition coefficient (Wildman–Crippen LogP) is 1.95. The average Bonchev–Trinajstić information content (AvgIpc) is 2.35. The molecule has 0 aliphatic rings. The summed E-state index contributed by atoms with van der Waals surface area (Å²) in [5.41, 5.74) is 0.978. The third-order valence-corrected chi connectivity index (χ3v) is 4.32. The molecule has 1 aromatic carbocycles. The van der Waals surface area contributed by atoms with Crippen molar-refractivity contribution in [1.29, 1.82) is 0 Å². The summed E-state index contributed by atoms with van der Waals surface area (Å²) in [5.74, 6) is 0.0918. The number of rotatable bonds is 7. The highest BCUT2D eigenvalue weighted by Gasteiger charge is 2.18. The Morgan fingerprint density at radius 2 is 1.80 bits per heavy atom. The molecule has 1 rings (SSSR count). The summed E-state index contributed by atoms with van der Waals surface area (Å²) in [6.45, 7) is 6.08. The Morgan fingerprint density at radius 1 is 1.20 bits per heavy atom. The fourth-order valence-electron chi connectivity index (χ4n) is 1.69. The van der Waals surface area contributed by atoms with Gasteiger partial charge in [0.1, 0.15) is 0 Å². The van der Waals surface area contributed by atoms with Crippen LogP contribution in [0.4, 0.5) is 0 Å². The van der Waals surface area contributed by atoms with Crippen LogP contribution in [0.3, 0.4) is 0 Å². The van der Waals surface area contributed by atoms with Gasteiger partial charge >= 0.3 is 0 Å². The molecule has 1 atom stereocenters. The Balaban J connectivity index is 2.38. The molecular weight excluding hydrogens is 274 g/mol. The lowest BCUT2D eigenvalue weighted by atomic mass is 9.94. The van der Waals surface area contributed by atoms with Gasteiger partial charge in [-0.15, -0.1) is 0 Å². The lowest BCUT2D eigenvalue weighted by Gasteiger charge is -2.18. The van der Waals surface area contributed by atoms with Gasteiger partial charge in [0.05, 0.1) is 11.9 Å². The summed E-state index contributed by atoms with van der Waals surface area (Å²) in [7, 11) is -3.31. The predicted molar refractivity (Wildman–Crippen MR) is 82.0 cm³/mol. The summed E-state index contributed by atoms with van der Waals surface area (Å²) in [6, 6.07) is 9.53. The largest absolute Gasteiger partial charge is 0.391 e. The Labute approximate surface area is 122 Å². The average molecular weight is 299 g/mol. The van der Waals surface area contributed by atoms with Crippen LogP contribution in [0.15, 0.2) is 30.3 Å². The Kier molecular flexibility index (Phi) is 6.17. The molecule has 5 heteroatoms. The van der Waals surface area contributed by atoms with Gasteiger partial charge in [-0.2, -0.15) is 0 Å². The van der Waals surface area contributed by atoms with Gasteiger partial charge in [-0.3, -0.25) is 0 Å². The molecule has 0 saturated carbocycles. The monoisotopic (exact) mass is 299 g/mol. The third-order valence-electron chi connectivity index (χ3n) is 2.97. The van der Waals surface area contributed by atoms with Crippen LogP contribution in [0.1, 0.15) is 32.8 Å². The Morgan fingerprint density at radius 3 is 2.35 bits per heavy atom. The highest BCUT2D eigenvalue weighted by atomic mass is 32.2. The number of aliphatic hydroxyl groups excluding tert-OH is 1. The van der Waals surface area contributed by atoms with Crippen LogP contribution >= 0.6 is 0 Å². The molecule has 1 aromatic rings. The van der Waals surface area contributed by atoms with E-state index in [1.165, 1.54) is 0 Å². The number of aliphatic hydroxyl groups is 1.